The molecule has 3 heteroatoms. The monoisotopic (exact) mass is 270 g/mol. The maximum Gasteiger partial charge on any atom is 0.114 e. The van der Waals surface area contributed by atoms with E-state index in [1.165, 1.54) is 10.5 Å². The predicted octanol–water partition coefficient (Wildman–Crippen LogP) is 4.08. The van der Waals surface area contributed by atoms with Crippen LogP contribution in [0, 0.1) is 0 Å². The number of thioether (sulfide) groups is 1. The molecule has 0 radical (unpaired) electrons. The molecule has 1 aromatic carbocycles. The zero-order valence-electron chi connectivity index (χ0n) is 10.6. The van der Waals surface area contributed by atoms with Crippen molar-refractivity contribution in [1.29, 1.82) is 0 Å². The molecule has 1 aromatic rings. The molecule has 0 amide bonds. The third-order valence-corrected chi connectivity index (χ3v) is 4.78. The maximum atomic E-state index is 5.87. The quantitative estimate of drug-likeness (QED) is 0.464. The minimum absolute atomic E-state index is 0.0467. The van der Waals surface area contributed by atoms with Gasteiger partial charge in [0.2, 0.25) is 0 Å². The highest BCUT2D eigenvalue weighted by atomic mass is 35.5. The number of ether oxygens (including phenoxy) is 1. The van der Waals surface area contributed by atoms with Gasteiger partial charge in [-0.15, -0.1) is 23.4 Å². The first kappa shape index (κ1) is 13.3. The van der Waals surface area contributed by atoms with E-state index in [1.807, 2.05) is 11.8 Å². The Balaban J connectivity index is 1.94. The number of epoxide rings is 1. The lowest BCUT2D eigenvalue weighted by molar-refractivity contribution is 0.351. The molecule has 0 saturated carbocycles. The smallest absolute Gasteiger partial charge is 0.114 e. The average molecular weight is 271 g/mol. The summed E-state index contributed by atoms with van der Waals surface area (Å²) < 4.78 is 5.39. The molecule has 1 saturated heterocycles. The summed E-state index contributed by atoms with van der Waals surface area (Å²) >= 11 is 7.69. The van der Waals surface area contributed by atoms with Crippen LogP contribution in [0.25, 0.3) is 0 Å². The molecular weight excluding hydrogens is 252 g/mol. The summed E-state index contributed by atoms with van der Waals surface area (Å²) in [6.45, 7) is 7.50. The van der Waals surface area contributed by atoms with Crippen LogP contribution in [-0.2, 0) is 10.2 Å². The normalized spacial score (nSPS) is 23.8. The van der Waals surface area contributed by atoms with Crippen molar-refractivity contribution < 1.29 is 4.74 Å². The van der Waals surface area contributed by atoms with Gasteiger partial charge in [0, 0.05) is 10.6 Å². The van der Waals surface area contributed by atoms with Crippen molar-refractivity contribution in [1.82, 2.24) is 0 Å². The molecule has 2 rings (SSSR count). The second-order valence-corrected chi connectivity index (χ2v) is 6.98. The summed E-state index contributed by atoms with van der Waals surface area (Å²) in [4.78, 5) is 1.29. The summed E-state index contributed by atoms with van der Waals surface area (Å²) in [7, 11) is 0. The van der Waals surface area contributed by atoms with E-state index in [2.05, 4.69) is 45.0 Å². The van der Waals surface area contributed by atoms with Gasteiger partial charge in [0.25, 0.3) is 0 Å². The zero-order valence-corrected chi connectivity index (χ0v) is 12.2. The number of hydrogen-bond acceptors (Lipinski definition) is 2. The van der Waals surface area contributed by atoms with E-state index in [1.54, 1.807) is 0 Å². The fourth-order valence-corrected chi connectivity index (χ4v) is 2.95. The first-order valence-corrected chi connectivity index (χ1v) is 7.41. The molecule has 1 nitrogen and oxygen atoms in total. The van der Waals surface area contributed by atoms with Crippen molar-refractivity contribution in [3.63, 3.8) is 0 Å². The summed E-state index contributed by atoms with van der Waals surface area (Å²) in [5.74, 6) is 1.55. The van der Waals surface area contributed by atoms with Crippen molar-refractivity contribution in [3.05, 3.63) is 29.8 Å². The van der Waals surface area contributed by atoms with E-state index >= 15 is 0 Å². The van der Waals surface area contributed by atoms with E-state index < -0.39 is 0 Å². The maximum absolute atomic E-state index is 5.87. The Morgan fingerprint density at radius 3 is 2.29 bits per heavy atom. The Bertz CT molecular complexity index is 376. The van der Waals surface area contributed by atoms with Crippen LogP contribution >= 0.6 is 23.4 Å². The topological polar surface area (TPSA) is 12.5 Å². The minimum Gasteiger partial charge on any atom is -0.367 e. The van der Waals surface area contributed by atoms with Crippen LogP contribution in [0.1, 0.15) is 26.3 Å². The van der Waals surface area contributed by atoms with E-state index in [0.717, 1.165) is 12.4 Å². The molecule has 1 atom stereocenters. The molecule has 0 N–H and O–H groups in total. The van der Waals surface area contributed by atoms with Crippen molar-refractivity contribution >= 4 is 23.4 Å². The van der Waals surface area contributed by atoms with Gasteiger partial charge in [-0.3, -0.25) is 0 Å². The van der Waals surface area contributed by atoms with Crippen LogP contribution in [0.3, 0.4) is 0 Å². The lowest BCUT2D eigenvalue weighted by Gasteiger charge is -2.19. The Hall–Kier alpha value is -0.180. The van der Waals surface area contributed by atoms with Gasteiger partial charge in [-0.25, -0.2) is 0 Å². The fraction of sp³-hybridized carbons (Fsp3) is 0.571. The van der Waals surface area contributed by atoms with Gasteiger partial charge < -0.3 is 4.74 Å². The van der Waals surface area contributed by atoms with E-state index in [-0.39, 0.29) is 11.0 Å². The predicted molar refractivity (Wildman–Crippen MR) is 75.3 cm³/mol. The molecular formula is C14H19ClOS. The lowest BCUT2D eigenvalue weighted by atomic mass is 9.87. The van der Waals surface area contributed by atoms with Gasteiger partial charge >= 0.3 is 0 Å². The van der Waals surface area contributed by atoms with Gasteiger partial charge in [0.1, 0.15) is 5.60 Å². The standard InChI is InChI=1S/C14H19ClOS/c1-13(2,3)11-4-6-12(7-5-11)17-10-14(8-15)9-16-14/h4-7H,8-10H2,1-3H3. The number of halogens is 1. The molecule has 0 spiro atoms. The molecule has 1 fully saturated rings. The molecule has 0 aromatic heterocycles. The zero-order chi connectivity index (χ0) is 12.5. The molecule has 1 aliphatic rings. The van der Waals surface area contributed by atoms with Crippen LogP contribution < -0.4 is 0 Å². The first-order valence-electron chi connectivity index (χ1n) is 5.88. The van der Waals surface area contributed by atoms with Gasteiger partial charge in [0.15, 0.2) is 0 Å². The Labute approximate surface area is 113 Å². The highest BCUT2D eigenvalue weighted by Crippen LogP contribution is 2.35. The molecule has 94 valence electrons. The Morgan fingerprint density at radius 1 is 1.29 bits per heavy atom. The summed E-state index contributed by atoms with van der Waals surface area (Å²) in [5, 5.41) is 0. The second kappa shape index (κ2) is 4.83. The van der Waals surface area contributed by atoms with Gasteiger partial charge in [0.05, 0.1) is 12.5 Å². The van der Waals surface area contributed by atoms with Crippen molar-refractivity contribution in [2.24, 2.45) is 0 Å². The highest BCUT2D eigenvalue weighted by molar-refractivity contribution is 7.99. The third kappa shape index (κ3) is 3.40. The second-order valence-electron chi connectivity index (χ2n) is 5.67. The molecule has 1 aliphatic heterocycles. The summed E-state index contributed by atoms with van der Waals surface area (Å²) in [5.41, 5.74) is 1.55. The number of hydrogen-bond donors (Lipinski definition) is 0. The molecule has 17 heavy (non-hydrogen) atoms. The van der Waals surface area contributed by atoms with E-state index in [4.69, 9.17) is 16.3 Å². The van der Waals surface area contributed by atoms with Crippen LogP contribution in [0.5, 0.6) is 0 Å². The molecule has 0 bridgehead atoms. The lowest BCUT2D eigenvalue weighted by Crippen LogP contribution is -2.16. The van der Waals surface area contributed by atoms with Gasteiger partial charge in [-0.1, -0.05) is 32.9 Å². The van der Waals surface area contributed by atoms with Crippen molar-refractivity contribution in [3.8, 4) is 0 Å². The first-order chi connectivity index (χ1) is 7.95. The summed E-state index contributed by atoms with van der Waals surface area (Å²) in [6.07, 6.45) is 0. The van der Waals surface area contributed by atoms with Crippen LogP contribution in [-0.4, -0.2) is 23.8 Å². The van der Waals surface area contributed by atoms with Crippen molar-refractivity contribution in [2.45, 2.75) is 36.7 Å². The summed E-state index contributed by atoms with van der Waals surface area (Å²) in [6, 6.07) is 8.80. The number of alkyl halides is 1. The molecule has 1 unspecified atom stereocenters. The fourth-order valence-electron chi connectivity index (χ4n) is 1.57. The van der Waals surface area contributed by atoms with Crippen LogP contribution in [0.4, 0.5) is 0 Å². The van der Waals surface area contributed by atoms with E-state index in [9.17, 15) is 0 Å². The Kier molecular flexibility index (Phi) is 3.77. The van der Waals surface area contributed by atoms with Crippen LogP contribution in [0.15, 0.2) is 29.2 Å². The van der Waals surface area contributed by atoms with Gasteiger partial charge in [-0.05, 0) is 23.1 Å². The van der Waals surface area contributed by atoms with Crippen LogP contribution in [0.2, 0.25) is 0 Å². The van der Waals surface area contributed by atoms with E-state index in [0.29, 0.717) is 5.88 Å². The number of benzene rings is 1. The third-order valence-electron chi connectivity index (χ3n) is 3.02. The SMILES string of the molecule is CC(C)(C)c1ccc(SCC2(CCl)CO2)cc1. The Morgan fingerprint density at radius 2 is 1.88 bits per heavy atom. The molecule has 1 heterocycles. The highest BCUT2D eigenvalue weighted by Gasteiger charge is 2.43. The molecule has 0 aliphatic carbocycles. The minimum atomic E-state index is -0.0467. The van der Waals surface area contributed by atoms with Crippen molar-refractivity contribution in [2.75, 3.05) is 18.2 Å². The van der Waals surface area contributed by atoms with Gasteiger partial charge in [-0.2, -0.15) is 0 Å². The number of rotatable bonds is 4. The largest absolute Gasteiger partial charge is 0.367 e. The average Bonchev–Trinajstić information content (AvgIpc) is 3.06.